The first-order valence-corrected chi connectivity index (χ1v) is 7.83. The van der Waals surface area contributed by atoms with Gasteiger partial charge in [0, 0.05) is 17.8 Å². The van der Waals surface area contributed by atoms with Gasteiger partial charge in [-0.2, -0.15) is 17.0 Å². The van der Waals surface area contributed by atoms with Gasteiger partial charge in [-0.15, -0.1) is 0 Å². The fourth-order valence-corrected chi connectivity index (χ4v) is 3.82. The van der Waals surface area contributed by atoms with Crippen LogP contribution >= 0.6 is 11.8 Å². The van der Waals surface area contributed by atoms with Crippen LogP contribution in [0.15, 0.2) is 18.2 Å². The first kappa shape index (κ1) is 14.4. The van der Waals surface area contributed by atoms with E-state index in [1.165, 1.54) is 25.3 Å². The highest BCUT2D eigenvalue weighted by molar-refractivity contribution is 7.99. The summed E-state index contributed by atoms with van der Waals surface area (Å²) in [6.45, 7) is 2.90. The van der Waals surface area contributed by atoms with E-state index in [2.05, 4.69) is 12.2 Å². The largest absolute Gasteiger partial charge is 0.309 e. The van der Waals surface area contributed by atoms with Crippen molar-refractivity contribution in [3.8, 4) is 6.07 Å². The number of nitriles is 1. The Balaban J connectivity index is 1.93. The Morgan fingerprint density at radius 1 is 1.47 bits per heavy atom. The van der Waals surface area contributed by atoms with Crippen molar-refractivity contribution < 1.29 is 4.39 Å². The van der Waals surface area contributed by atoms with Gasteiger partial charge in [-0.3, -0.25) is 0 Å². The third-order valence-electron chi connectivity index (χ3n) is 3.55. The van der Waals surface area contributed by atoms with Crippen molar-refractivity contribution in [3.05, 3.63) is 35.1 Å². The smallest absolute Gasteiger partial charge is 0.140 e. The highest BCUT2D eigenvalue weighted by atomic mass is 32.2. The third-order valence-corrected chi connectivity index (χ3v) is 4.88. The maximum atomic E-state index is 13.2. The Kier molecular flexibility index (Phi) is 5.24. The van der Waals surface area contributed by atoms with E-state index in [-0.39, 0.29) is 5.56 Å². The summed E-state index contributed by atoms with van der Waals surface area (Å²) < 4.78 is 13.2. The topological polar surface area (TPSA) is 35.8 Å². The van der Waals surface area contributed by atoms with Gasteiger partial charge in [-0.1, -0.05) is 19.4 Å². The summed E-state index contributed by atoms with van der Waals surface area (Å²) in [6, 6.07) is 7.19. The SMILES string of the molecule is CCSC1CCCC1NCc1ccc(F)c(C#N)c1. The lowest BCUT2D eigenvalue weighted by Crippen LogP contribution is -2.33. The molecule has 0 radical (unpaired) electrons. The normalized spacial score (nSPS) is 22.4. The number of benzene rings is 1. The molecule has 0 aliphatic heterocycles. The second kappa shape index (κ2) is 6.93. The van der Waals surface area contributed by atoms with Gasteiger partial charge in [0.1, 0.15) is 11.9 Å². The molecule has 19 heavy (non-hydrogen) atoms. The molecule has 1 aliphatic rings. The number of nitrogens with one attached hydrogen (secondary N) is 1. The average molecular weight is 278 g/mol. The predicted molar refractivity (Wildman–Crippen MR) is 77.5 cm³/mol. The fraction of sp³-hybridized carbons (Fsp3) is 0.533. The Morgan fingerprint density at radius 3 is 3.05 bits per heavy atom. The number of hydrogen-bond donors (Lipinski definition) is 1. The molecule has 0 bridgehead atoms. The van der Waals surface area contributed by atoms with Crippen molar-refractivity contribution in [1.82, 2.24) is 5.32 Å². The van der Waals surface area contributed by atoms with Crippen molar-refractivity contribution in [2.45, 2.75) is 44.0 Å². The summed E-state index contributed by atoms with van der Waals surface area (Å²) in [4.78, 5) is 0. The van der Waals surface area contributed by atoms with Crippen LogP contribution in [0.5, 0.6) is 0 Å². The maximum Gasteiger partial charge on any atom is 0.140 e. The molecule has 1 fully saturated rings. The molecule has 102 valence electrons. The van der Waals surface area contributed by atoms with Gasteiger partial charge in [0.15, 0.2) is 0 Å². The Morgan fingerprint density at radius 2 is 2.32 bits per heavy atom. The molecule has 1 aromatic rings. The minimum absolute atomic E-state index is 0.130. The summed E-state index contributed by atoms with van der Waals surface area (Å²) in [6.07, 6.45) is 3.77. The monoisotopic (exact) mass is 278 g/mol. The van der Waals surface area contributed by atoms with E-state index in [0.717, 1.165) is 11.3 Å². The van der Waals surface area contributed by atoms with E-state index in [1.54, 1.807) is 12.1 Å². The van der Waals surface area contributed by atoms with Crippen LogP contribution in [0, 0.1) is 17.1 Å². The maximum absolute atomic E-state index is 13.2. The molecule has 0 amide bonds. The summed E-state index contributed by atoms with van der Waals surface area (Å²) in [5.41, 5.74) is 1.11. The molecule has 0 aromatic heterocycles. The van der Waals surface area contributed by atoms with Crippen LogP contribution in [0.1, 0.15) is 37.3 Å². The van der Waals surface area contributed by atoms with E-state index < -0.39 is 5.82 Å². The molecule has 0 spiro atoms. The number of nitrogens with zero attached hydrogens (tertiary/aromatic N) is 1. The minimum Gasteiger partial charge on any atom is -0.309 e. The zero-order valence-corrected chi connectivity index (χ0v) is 12.0. The van der Waals surface area contributed by atoms with E-state index in [4.69, 9.17) is 5.26 Å². The second-order valence-electron chi connectivity index (χ2n) is 4.84. The van der Waals surface area contributed by atoms with Crippen LogP contribution < -0.4 is 5.32 Å². The highest BCUT2D eigenvalue weighted by Gasteiger charge is 2.26. The molecule has 2 unspecified atom stereocenters. The molecule has 1 N–H and O–H groups in total. The van der Waals surface area contributed by atoms with E-state index >= 15 is 0 Å². The summed E-state index contributed by atoms with van der Waals surface area (Å²) in [7, 11) is 0. The highest BCUT2D eigenvalue weighted by Crippen LogP contribution is 2.30. The van der Waals surface area contributed by atoms with Crippen LogP contribution in [-0.4, -0.2) is 17.0 Å². The van der Waals surface area contributed by atoms with E-state index in [1.807, 2.05) is 17.8 Å². The number of halogens is 1. The molecule has 1 saturated carbocycles. The van der Waals surface area contributed by atoms with Gasteiger partial charge in [-0.05, 0) is 36.3 Å². The second-order valence-corrected chi connectivity index (χ2v) is 6.35. The van der Waals surface area contributed by atoms with Crippen molar-refractivity contribution in [2.24, 2.45) is 0 Å². The van der Waals surface area contributed by atoms with Crippen LogP contribution in [0.4, 0.5) is 4.39 Å². The standard InChI is InChI=1S/C15H19FN2S/c1-2-19-15-5-3-4-14(15)18-10-11-6-7-13(16)12(8-11)9-17/h6-8,14-15,18H,2-5,10H2,1H3. The van der Waals surface area contributed by atoms with Gasteiger partial charge < -0.3 is 5.32 Å². The van der Waals surface area contributed by atoms with E-state index in [9.17, 15) is 4.39 Å². The molecule has 0 heterocycles. The lowest BCUT2D eigenvalue weighted by molar-refractivity contribution is 0.531. The van der Waals surface area contributed by atoms with Crippen molar-refractivity contribution in [1.29, 1.82) is 5.26 Å². The Bertz CT molecular complexity index is 470. The zero-order chi connectivity index (χ0) is 13.7. The van der Waals surface area contributed by atoms with Crippen molar-refractivity contribution in [2.75, 3.05) is 5.75 Å². The van der Waals surface area contributed by atoms with Gasteiger partial charge >= 0.3 is 0 Å². The van der Waals surface area contributed by atoms with Crippen LogP contribution in [-0.2, 0) is 6.54 Å². The van der Waals surface area contributed by atoms with E-state index in [0.29, 0.717) is 17.8 Å². The first-order chi connectivity index (χ1) is 9.24. The quantitative estimate of drug-likeness (QED) is 0.896. The average Bonchev–Trinajstić information content (AvgIpc) is 2.86. The molecule has 4 heteroatoms. The first-order valence-electron chi connectivity index (χ1n) is 6.78. The number of thioether (sulfide) groups is 1. The molecule has 1 aromatic carbocycles. The van der Waals surface area contributed by atoms with Gasteiger partial charge in [0.05, 0.1) is 5.56 Å². The summed E-state index contributed by atoms with van der Waals surface area (Å²) in [5.74, 6) is 0.712. The van der Waals surface area contributed by atoms with Crippen LogP contribution in [0.25, 0.3) is 0 Å². The summed E-state index contributed by atoms with van der Waals surface area (Å²) in [5, 5.41) is 13.1. The van der Waals surface area contributed by atoms with Crippen LogP contribution in [0.2, 0.25) is 0 Å². The third kappa shape index (κ3) is 3.71. The Hall–Kier alpha value is -1.05. The number of hydrogen-bond acceptors (Lipinski definition) is 3. The van der Waals surface area contributed by atoms with Crippen molar-refractivity contribution >= 4 is 11.8 Å². The molecular weight excluding hydrogens is 259 g/mol. The molecule has 0 saturated heterocycles. The fourth-order valence-electron chi connectivity index (χ4n) is 2.59. The zero-order valence-electron chi connectivity index (χ0n) is 11.2. The predicted octanol–water partition coefficient (Wildman–Crippen LogP) is 3.46. The lowest BCUT2D eigenvalue weighted by Gasteiger charge is -2.20. The van der Waals surface area contributed by atoms with Gasteiger partial charge in [-0.25, -0.2) is 4.39 Å². The Labute approximate surface area is 118 Å². The minimum atomic E-state index is -0.438. The summed E-state index contributed by atoms with van der Waals surface area (Å²) >= 11 is 2.02. The molecule has 2 nitrogen and oxygen atoms in total. The molecule has 2 rings (SSSR count). The lowest BCUT2D eigenvalue weighted by atomic mass is 10.1. The number of rotatable bonds is 5. The van der Waals surface area contributed by atoms with Gasteiger partial charge in [0.25, 0.3) is 0 Å². The van der Waals surface area contributed by atoms with Crippen molar-refractivity contribution in [3.63, 3.8) is 0 Å². The molecule has 2 atom stereocenters. The van der Waals surface area contributed by atoms with Gasteiger partial charge in [0.2, 0.25) is 0 Å². The molecule has 1 aliphatic carbocycles. The van der Waals surface area contributed by atoms with Crippen LogP contribution in [0.3, 0.4) is 0 Å². The molecular formula is C15H19FN2S.